The number of carbonyl (C=O) groups excluding carboxylic acids is 1. The molecule has 0 aliphatic heterocycles. The summed E-state index contributed by atoms with van der Waals surface area (Å²) >= 11 is 0. The SMILES string of the molecule is C#CCC(N)C(=O)N[C@@H]1c2ccccc2C[C@@H]1O. The van der Waals surface area contributed by atoms with E-state index in [1.807, 2.05) is 24.3 Å². The average molecular weight is 244 g/mol. The van der Waals surface area contributed by atoms with Gasteiger partial charge in [-0.2, -0.15) is 0 Å². The molecule has 0 bridgehead atoms. The molecule has 94 valence electrons. The highest BCUT2D eigenvalue weighted by Crippen LogP contribution is 2.31. The van der Waals surface area contributed by atoms with Gasteiger partial charge in [0.05, 0.1) is 18.2 Å². The number of benzene rings is 1. The number of hydrogen-bond donors (Lipinski definition) is 3. The molecule has 1 amide bonds. The minimum absolute atomic E-state index is 0.191. The summed E-state index contributed by atoms with van der Waals surface area (Å²) in [6.45, 7) is 0. The van der Waals surface area contributed by atoms with E-state index in [9.17, 15) is 9.90 Å². The summed E-state index contributed by atoms with van der Waals surface area (Å²) in [6, 6.07) is 6.54. The Morgan fingerprint density at radius 1 is 1.61 bits per heavy atom. The van der Waals surface area contributed by atoms with Crippen LogP contribution in [0.15, 0.2) is 24.3 Å². The lowest BCUT2D eigenvalue weighted by Crippen LogP contribution is -2.44. The molecule has 18 heavy (non-hydrogen) atoms. The zero-order chi connectivity index (χ0) is 13.1. The highest BCUT2D eigenvalue weighted by molar-refractivity contribution is 5.82. The third-order valence-corrected chi connectivity index (χ3v) is 3.18. The second-order valence-corrected chi connectivity index (χ2v) is 4.47. The summed E-state index contributed by atoms with van der Waals surface area (Å²) in [4.78, 5) is 11.8. The molecule has 1 aliphatic rings. The minimum Gasteiger partial charge on any atom is -0.390 e. The van der Waals surface area contributed by atoms with E-state index in [0.29, 0.717) is 6.42 Å². The molecule has 4 heteroatoms. The average Bonchev–Trinajstić information content (AvgIpc) is 2.66. The van der Waals surface area contributed by atoms with Crippen molar-refractivity contribution in [1.29, 1.82) is 0 Å². The molecule has 0 saturated carbocycles. The van der Waals surface area contributed by atoms with Crippen molar-refractivity contribution in [2.45, 2.75) is 31.0 Å². The van der Waals surface area contributed by atoms with Crippen LogP contribution in [0.3, 0.4) is 0 Å². The smallest absolute Gasteiger partial charge is 0.238 e. The Morgan fingerprint density at radius 3 is 3.06 bits per heavy atom. The summed E-state index contributed by atoms with van der Waals surface area (Å²) in [7, 11) is 0. The lowest BCUT2D eigenvalue weighted by molar-refractivity contribution is -0.123. The van der Waals surface area contributed by atoms with Crippen molar-refractivity contribution in [3.05, 3.63) is 35.4 Å². The topological polar surface area (TPSA) is 75.4 Å². The van der Waals surface area contributed by atoms with Crippen molar-refractivity contribution in [2.24, 2.45) is 5.73 Å². The Labute approximate surface area is 106 Å². The molecule has 3 atom stereocenters. The van der Waals surface area contributed by atoms with Gasteiger partial charge in [0.1, 0.15) is 0 Å². The Bertz CT molecular complexity index is 493. The van der Waals surface area contributed by atoms with Crippen LogP contribution < -0.4 is 11.1 Å². The largest absolute Gasteiger partial charge is 0.390 e. The lowest BCUT2D eigenvalue weighted by Gasteiger charge is -2.19. The molecule has 2 rings (SSSR count). The predicted molar refractivity (Wildman–Crippen MR) is 68.5 cm³/mol. The molecular weight excluding hydrogens is 228 g/mol. The number of fused-ring (bicyclic) bond motifs is 1. The van der Waals surface area contributed by atoms with Crippen LogP contribution in [0.1, 0.15) is 23.6 Å². The van der Waals surface area contributed by atoms with Gasteiger partial charge < -0.3 is 16.2 Å². The first kappa shape index (κ1) is 12.6. The van der Waals surface area contributed by atoms with Gasteiger partial charge in [0.25, 0.3) is 0 Å². The van der Waals surface area contributed by atoms with E-state index < -0.39 is 18.2 Å². The number of terminal acetylenes is 1. The summed E-state index contributed by atoms with van der Waals surface area (Å²) in [5.41, 5.74) is 7.64. The highest BCUT2D eigenvalue weighted by atomic mass is 16.3. The van der Waals surface area contributed by atoms with Gasteiger partial charge in [-0.05, 0) is 11.1 Å². The minimum atomic E-state index is -0.727. The zero-order valence-corrected chi connectivity index (χ0v) is 9.97. The maximum absolute atomic E-state index is 11.8. The van der Waals surface area contributed by atoms with E-state index >= 15 is 0 Å². The standard InChI is InChI=1S/C14H16N2O2/c1-2-5-11(15)14(18)16-13-10-7-4-3-6-9(10)8-12(13)17/h1,3-4,6-7,11-13,17H,5,8,15H2,(H,16,18)/t11?,12-,13+/m0/s1. The van der Waals surface area contributed by atoms with Crippen molar-refractivity contribution in [3.63, 3.8) is 0 Å². The molecular formula is C14H16N2O2. The number of rotatable bonds is 3. The van der Waals surface area contributed by atoms with Crippen molar-refractivity contribution in [2.75, 3.05) is 0 Å². The molecule has 0 fully saturated rings. The Morgan fingerprint density at radius 2 is 2.33 bits per heavy atom. The van der Waals surface area contributed by atoms with Crippen LogP contribution in [0, 0.1) is 12.3 Å². The number of carbonyl (C=O) groups is 1. The molecule has 1 unspecified atom stereocenters. The molecule has 0 spiro atoms. The third kappa shape index (κ3) is 2.37. The van der Waals surface area contributed by atoms with Crippen LogP contribution in [0.25, 0.3) is 0 Å². The van der Waals surface area contributed by atoms with Gasteiger partial charge in [0.2, 0.25) is 5.91 Å². The first-order valence-electron chi connectivity index (χ1n) is 5.88. The van der Waals surface area contributed by atoms with Crippen LogP contribution in [0.5, 0.6) is 0 Å². The Hall–Kier alpha value is -1.83. The first-order chi connectivity index (χ1) is 8.63. The van der Waals surface area contributed by atoms with E-state index in [2.05, 4.69) is 11.2 Å². The van der Waals surface area contributed by atoms with Gasteiger partial charge in [-0.1, -0.05) is 24.3 Å². The normalized spacial score (nSPS) is 22.9. The molecule has 4 nitrogen and oxygen atoms in total. The molecule has 1 aliphatic carbocycles. The molecule has 1 aromatic rings. The molecule has 0 heterocycles. The predicted octanol–water partition coefficient (Wildman–Crippen LogP) is 0.111. The maximum atomic E-state index is 11.8. The van der Waals surface area contributed by atoms with Crippen molar-refractivity contribution >= 4 is 5.91 Å². The number of hydrogen-bond acceptors (Lipinski definition) is 3. The van der Waals surface area contributed by atoms with Gasteiger partial charge in [-0.25, -0.2) is 0 Å². The number of aliphatic hydroxyl groups excluding tert-OH is 1. The fourth-order valence-electron chi connectivity index (χ4n) is 2.23. The Kier molecular flexibility index (Phi) is 3.66. The molecule has 0 radical (unpaired) electrons. The molecule has 0 saturated heterocycles. The number of aliphatic hydroxyl groups is 1. The van der Waals surface area contributed by atoms with Crippen LogP contribution in [-0.2, 0) is 11.2 Å². The fourth-order valence-corrected chi connectivity index (χ4v) is 2.23. The number of nitrogens with one attached hydrogen (secondary N) is 1. The molecule has 4 N–H and O–H groups in total. The third-order valence-electron chi connectivity index (χ3n) is 3.18. The van der Waals surface area contributed by atoms with E-state index in [1.54, 1.807) is 0 Å². The quantitative estimate of drug-likeness (QED) is 0.661. The maximum Gasteiger partial charge on any atom is 0.238 e. The van der Waals surface area contributed by atoms with Crippen molar-refractivity contribution in [3.8, 4) is 12.3 Å². The number of nitrogens with two attached hydrogens (primary N) is 1. The van der Waals surface area contributed by atoms with Crippen LogP contribution in [0.4, 0.5) is 0 Å². The number of amides is 1. The van der Waals surface area contributed by atoms with E-state index in [1.165, 1.54) is 0 Å². The Balaban J connectivity index is 2.11. The molecule has 1 aromatic carbocycles. The van der Waals surface area contributed by atoms with Gasteiger partial charge in [-0.3, -0.25) is 4.79 Å². The van der Waals surface area contributed by atoms with E-state index in [-0.39, 0.29) is 12.3 Å². The van der Waals surface area contributed by atoms with Gasteiger partial charge in [0.15, 0.2) is 0 Å². The fraction of sp³-hybridized carbons (Fsp3) is 0.357. The van der Waals surface area contributed by atoms with E-state index in [0.717, 1.165) is 11.1 Å². The van der Waals surface area contributed by atoms with Crippen molar-refractivity contribution < 1.29 is 9.90 Å². The monoisotopic (exact) mass is 244 g/mol. The van der Waals surface area contributed by atoms with E-state index in [4.69, 9.17) is 12.2 Å². The summed E-state index contributed by atoms with van der Waals surface area (Å²) < 4.78 is 0. The zero-order valence-electron chi connectivity index (χ0n) is 9.97. The summed E-state index contributed by atoms with van der Waals surface area (Å²) in [5.74, 6) is 2.03. The van der Waals surface area contributed by atoms with Crippen LogP contribution in [0.2, 0.25) is 0 Å². The highest BCUT2D eigenvalue weighted by Gasteiger charge is 2.32. The van der Waals surface area contributed by atoms with Gasteiger partial charge >= 0.3 is 0 Å². The van der Waals surface area contributed by atoms with Gasteiger partial charge in [0, 0.05) is 12.8 Å². The summed E-state index contributed by atoms with van der Waals surface area (Å²) in [5, 5.41) is 12.7. The second kappa shape index (κ2) is 5.21. The van der Waals surface area contributed by atoms with Crippen LogP contribution in [-0.4, -0.2) is 23.2 Å². The molecule has 0 aromatic heterocycles. The van der Waals surface area contributed by atoms with Crippen LogP contribution >= 0.6 is 0 Å². The summed E-state index contributed by atoms with van der Waals surface area (Å²) in [6.07, 6.45) is 5.25. The van der Waals surface area contributed by atoms with Gasteiger partial charge in [-0.15, -0.1) is 12.3 Å². The lowest BCUT2D eigenvalue weighted by atomic mass is 10.1. The van der Waals surface area contributed by atoms with Crippen molar-refractivity contribution in [1.82, 2.24) is 5.32 Å². The second-order valence-electron chi connectivity index (χ2n) is 4.47. The first-order valence-corrected chi connectivity index (χ1v) is 5.88.